The van der Waals surface area contributed by atoms with Crippen LogP contribution in [0.25, 0.3) is 12.2 Å². The molecule has 0 saturated heterocycles. The summed E-state index contributed by atoms with van der Waals surface area (Å²) in [6.45, 7) is 14.4. The predicted molar refractivity (Wildman–Crippen MR) is 278 cm³/mol. The summed E-state index contributed by atoms with van der Waals surface area (Å²) in [6.07, 6.45) is 6.83. The number of allylic oxidation sites excluding steroid dienone is 2. The molecule has 0 amide bonds. The molecule has 0 spiro atoms. The molecule has 6 aromatic rings. The molecule has 22 heteroatoms. The number of aryl methyl sites for hydroxylation is 4. The van der Waals surface area contributed by atoms with Crippen LogP contribution in [0.4, 0.5) is 0 Å². The zero-order valence-electron chi connectivity index (χ0n) is 41.3. The number of nitrogens with zero attached hydrogens (tertiary/aromatic N) is 5. The van der Waals surface area contributed by atoms with Crippen molar-refractivity contribution in [2.75, 3.05) is 6.26 Å². The van der Waals surface area contributed by atoms with Gasteiger partial charge >= 0.3 is 11.4 Å². The van der Waals surface area contributed by atoms with E-state index in [0.29, 0.717) is 44.2 Å². The third-order valence-corrected chi connectivity index (χ3v) is 10.9. The number of pyridine rings is 2. The van der Waals surface area contributed by atoms with E-state index >= 15 is 0 Å². The molecule has 0 saturated carbocycles. The summed E-state index contributed by atoms with van der Waals surface area (Å²) in [5.74, 6) is -1.43. The Kier molecular flexibility index (Phi) is 23.6. The first-order valence-electron chi connectivity index (χ1n) is 21.6. The molecule has 4 aromatic heterocycles. The summed E-state index contributed by atoms with van der Waals surface area (Å²) in [5.41, 5.74) is 4.37. The molecular formula is C51H50BCl2N8O9SV. The van der Waals surface area contributed by atoms with Crippen LogP contribution in [0.2, 0.25) is 10.3 Å². The summed E-state index contributed by atoms with van der Waals surface area (Å²) in [6, 6.07) is 20.8. The minimum Gasteiger partial charge on any atom is -0.304 e. The molecule has 17 nitrogen and oxygen atoms in total. The van der Waals surface area contributed by atoms with Gasteiger partial charge in [0.1, 0.15) is 16.0 Å². The third kappa shape index (κ3) is 18.2. The largest absolute Gasteiger partial charge is 0.329 e. The van der Waals surface area contributed by atoms with E-state index in [4.69, 9.17) is 33.7 Å². The summed E-state index contributed by atoms with van der Waals surface area (Å²) in [4.78, 5) is 90.8. The van der Waals surface area contributed by atoms with Crippen molar-refractivity contribution in [2.45, 2.75) is 80.4 Å². The standard InChI is InChI=1S/C25H23ClN4O3.C18H17N3O3.C8H10ClNO3S.B.V/c1-14(2)21-22(23(31)19-9-15(3)8-17(11-19)6-5-7-27)30(25(33)29-24(21)32)13-18-10-16(4)28-20(26)12-18;1-10(2)14-15(20-18(24)21-17(14)23)16(22)13-8-11(3)7-12(9-13)5-4-6-19;1-6-3-7(4-8(9)10-6)5-13-14(2,11)12;;/h5-6,8-12,14H,13H2,1-4H3,(H,29,32,33);4-5,7-10H,1-3H3,(H2,20,21,23,24);3-4H,5H2,1-2H3;;/b6-5+;5-4+;;;. The van der Waals surface area contributed by atoms with E-state index in [1.807, 2.05) is 38.1 Å². The van der Waals surface area contributed by atoms with Crippen molar-refractivity contribution in [3.63, 3.8) is 0 Å². The monoisotopic (exact) mass is 1080 g/mol. The van der Waals surface area contributed by atoms with E-state index < -0.39 is 44.2 Å². The third-order valence-electron chi connectivity index (χ3n) is 9.98. The van der Waals surface area contributed by atoms with E-state index in [1.165, 1.54) is 16.7 Å². The first-order chi connectivity index (χ1) is 33.3. The number of carbonyl (C=O) groups is 2. The van der Waals surface area contributed by atoms with Crippen molar-refractivity contribution in [3.8, 4) is 12.1 Å². The topological polar surface area (TPSA) is 271 Å². The van der Waals surface area contributed by atoms with Gasteiger partial charge in [-0.2, -0.15) is 18.9 Å². The molecule has 376 valence electrons. The van der Waals surface area contributed by atoms with E-state index in [0.717, 1.165) is 23.1 Å². The number of carbonyl (C=O) groups excluding carboxylic acids is 2. The Labute approximate surface area is 445 Å². The summed E-state index contributed by atoms with van der Waals surface area (Å²) < 4.78 is 27.3. The van der Waals surface area contributed by atoms with Crippen molar-refractivity contribution >= 4 is 65.5 Å². The van der Waals surface area contributed by atoms with Crippen LogP contribution < -0.4 is 22.5 Å². The molecule has 0 aliphatic heterocycles. The summed E-state index contributed by atoms with van der Waals surface area (Å²) >= 11 is 11.8. The van der Waals surface area contributed by atoms with Crippen LogP contribution in [0.1, 0.15) is 128 Å². The van der Waals surface area contributed by atoms with Crippen molar-refractivity contribution in [2.24, 2.45) is 0 Å². The molecule has 0 bridgehead atoms. The fraction of sp³-hybridized carbons (Fsp3) is 0.255. The van der Waals surface area contributed by atoms with Crippen LogP contribution in [0.15, 0.2) is 92.0 Å². The van der Waals surface area contributed by atoms with E-state index in [-0.39, 0.29) is 79.6 Å². The zero-order valence-corrected chi connectivity index (χ0v) is 45.0. The SMILES string of the molecule is Cc1cc(/C=C/C#N)cc(C(=O)c2[nH]c(=O)[nH]c(=O)c2C(C)C)c1.Cc1cc(/C=C/C#N)cc(C(=O)c2c(C(C)C)c(=O)[nH]c(=O)n2Cc2cc(C)nc(Cl)c2)c1.Cc1cc(COS(C)(=O)=O)cc(Cl)n1.[B].[V]. The van der Waals surface area contributed by atoms with Crippen molar-refractivity contribution in [3.05, 3.63) is 203 Å². The quantitative estimate of drug-likeness (QED) is 0.0332. The maximum absolute atomic E-state index is 13.8. The molecule has 4 heterocycles. The summed E-state index contributed by atoms with van der Waals surface area (Å²) in [5, 5.41) is 18.1. The first-order valence-corrected chi connectivity index (χ1v) is 24.2. The van der Waals surface area contributed by atoms with Crippen LogP contribution in [-0.4, -0.2) is 64.1 Å². The number of aromatic amines is 3. The second kappa shape index (κ2) is 27.8. The smallest absolute Gasteiger partial charge is 0.304 e. The average Bonchev–Trinajstić information content (AvgIpc) is 3.25. The summed E-state index contributed by atoms with van der Waals surface area (Å²) in [7, 11) is -3.41. The molecule has 0 aliphatic rings. The second-order valence-electron chi connectivity index (χ2n) is 16.8. The predicted octanol–water partition coefficient (Wildman–Crippen LogP) is 7.54. The number of H-pyrrole nitrogens is 3. The van der Waals surface area contributed by atoms with Gasteiger partial charge in [0, 0.05) is 72.8 Å². The van der Waals surface area contributed by atoms with Gasteiger partial charge in [-0.05, 0) is 134 Å². The number of nitriles is 2. The number of hydrogen-bond acceptors (Lipinski definition) is 13. The number of hydrogen-bond donors (Lipinski definition) is 3. The maximum atomic E-state index is 13.8. The van der Waals surface area contributed by atoms with Crippen molar-refractivity contribution < 1.29 is 40.7 Å². The minimum absolute atomic E-state index is 0. The molecule has 0 unspecified atom stereocenters. The van der Waals surface area contributed by atoms with Crippen molar-refractivity contribution in [1.82, 2.24) is 29.5 Å². The van der Waals surface area contributed by atoms with Crippen LogP contribution in [0.5, 0.6) is 0 Å². The van der Waals surface area contributed by atoms with Crippen LogP contribution in [0.3, 0.4) is 0 Å². The fourth-order valence-electron chi connectivity index (χ4n) is 7.30. The number of nitrogens with one attached hydrogen (secondary N) is 3. The fourth-order valence-corrected chi connectivity index (χ4v) is 8.19. The van der Waals surface area contributed by atoms with Gasteiger partial charge < -0.3 is 4.98 Å². The van der Waals surface area contributed by atoms with Gasteiger partial charge in [0.25, 0.3) is 21.2 Å². The Morgan fingerprint density at radius 3 is 1.63 bits per heavy atom. The molecule has 6 rings (SSSR count). The Hall–Kier alpha value is -6.96. The normalized spacial score (nSPS) is 10.9. The number of rotatable bonds is 13. The molecule has 0 atom stereocenters. The van der Waals surface area contributed by atoms with Gasteiger partial charge in [-0.15, -0.1) is 0 Å². The van der Waals surface area contributed by atoms with Crippen LogP contribution >= 0.6 is 23.2 Å². The number of halogens is 2. The zero-order chi connectivity index (χ0) is 52.9. The second-order valence-corrected chi connectivity index (χ2v) is 19.2. The number of ketones is 2. The van der Waals surface area contributed by atoms with Gasteiger partial charge in [-0.3, -0.25) is 37.9 Å². The molecule has 3 N–H and O–H groups in total. The maximum Gasteiger partial charge on any atom is 0.329 e. The van der Waals surface area contributed by atoms with Gasteiger partial charge in [-0.1, -0.05) is 63.0 Å². The van der Waals surface area contributed by atoms with E-state index in [2.05, 4.69) is 29.1 Å². The Morgan fingerprint density at radius 2 is 1.16 bits per heavy atom. The molecule has 4 radical (unpaired) electrons. The van der Waals surface area contributed by atoms with E-state index in [1.54, 1.807) is 102 Å². The Morgan fingerprint density at radius 1 is 0.699 bits per heavy atom. The van der Waals surface area contributed by atoms with E-state index in [9.17, 15) is 37.2 Å². The van der Waals surface area contributed by atoms with Gasteiger partial charge in [-0.25, -0.2) is 19.6 Å². The molecule has 0 fully saturated rings. The molecular weight excluding hydrogens is 1030 g/mol. The van der Waals surface area contributed by atoms with Gasteiger partial charge in [0.15, 0.2) is 0 Å². The van der Waals surface area contributed by atoms with Crippen LogP contribution in [0, 0.1) is 50.4 Å². The number of benzene rings is 2. The van der Waals surface area contributed by atoms with Gasteiger partial charge in [0.2, 0.25) is 11.6 Å². The molecule has 73 heavy (non-hydrogen) atoms. The molecule has 0 aliphatic carbocycles. The first kappa shape index (κ1) is 62.2. The Balaban J connectivity index is 0.000000400. The average molecular weight is 1080 g/mol. The van der Waals surface area contributed by atoms with Crippen molar-refractivity contribution in [1.29, 1.82) is 10.5 Å². The van der Waals surface area contributed by atoms with Crippen LogP contribution in [-0.2, 0) is 46.0 Å². The number of aromatic nitrogens is 6. The Bertz CT molecular complexity index is 3500. The minimum atomic E-state index is -3.41. The van der Waals surface area contributed by atoms with Gasteiger partial charge in [0.05, 0.1) is 37.2 Å². The molecule has 2 aromatic carbocycles.